The molecule has 0 spiro atoms. The van der Waals surface area contributed by atoms with Gasteiger partial charge in [0.25, 0.3) is 5.69 Å². The minimum absolute atomic E-state index is 0.114. The quantitative estimate of drug-likeness (QED) is 0.483. The summed E-state index contributed by atoms with van der Waals surface area (Å²) in [4.78, 5) is 26.1. The van der Waals surface area contributed by atoms with Crippen LogP contribution in [0, 0.1) is 16.0 Å². The van der Waals surface area contributed by atoms with E-state index in [9.17, 15) is 14.9 Å². The van der Waals surface area contributed by atoms with E-state index in [2.05, 4.69) is 10.3 Å². The highest BCUT2D eigenvalue weighted by Crippen LogP contribution is 2.24. The third kappa shape index (κ3) is 2.47. The Balaban J connectivity index is 2.26. The number of nitro groups is 1. The van der Waals surface area contributed by atoms with Crippen LogP contribution in [-0.4, -0.2) is 28.8 Å². The summed E-state index contributed by atoms with van der Waals surface area (Å²) in [6, 6.07) is 1.43. The lowest BCUT2D eigenvalue weighted by atomic mass is 9.89. The van der Waals surface area contributed by atoms with Gasteiger partial charge in [-0.05, 0) is 32.0 Å². The molecule has 0 atom stereocenters. The van der Waals surface area contributed by atoms with Crippen LogP contribution < -0.4 is 5.32 Å². The van der Waals surface area contributed by atoms with E-state index in [0.29, 0.717) is 0 Å². The number of aromatic nitrogens is 1. The fourth-order valence-electron chi connectivity index (χ4n) is 2.04. The zero-order chi connectivity index (χ0) is 12.3. The van der Waals surface area contributed by atoms with Gasteiger partial charge in [0, 0.05) is 12.1 Å². The molecule has 0 amide bonds. The third-order valence-corrected chi connectivity index (χ3v) is 2.97. The van der Waals surface area contributed by atoms with Crippen molar-refractivity contribution in [3.05, 3.63) is 34.1 Å². The molecular formula is C11H13N3O3. The van der Waals surface area contributed by atoms with E-state index in [1.54, 1.807) is 0 Å². The molecule has 1 aromatic heterocycles. The van der Waals surface area contributed by atoms with Crippen LogP contribution in [0.2, 0.25) is 0 Å². The molecule has 1 fully saturated rings. The number of carbonyl (C=O) groups excluding carboxylic acids is 1. The van der Waals surface area contributed by atoms with Gasteiger partial charge in [0.05, 0.1) is 10.5 Å². The normalized spacial score (nSPS) is 16.7. The van der Waals surface area contributed by atoms with Gasteiger partial charge in [-0.15, -0.1) is 0 Å². The van der Waals surface area contributed by atoms with Crippen molar-refractivity contribution in [3.63, 3.8) is 0 Å². The zero-order valence-corrected chi connectivity index (χ0v) is 9.26. The number of hydrogen-bond acceptors (Lipinski definition) is 5. The maximum Gasteiger partial charge on any atom is 0.298 e. The Labute approximate surface area is 98.2 Å². The number of pyridine rings is 1. The van der Waals surface area contributed by atoms with Gasteiger partial charge in [0.1, 0.15) is 6.20 Å². The lowest BCUT2D eigenvalue weighted by Gasteiger charge is -2.21. The summed E-state index contributed by atoms with van der Waals surface area (Å²) in [7, 11) is 0. The maximum absolute atomic E-state index is 12.2. The third-order valence-electron chi connectivity index (χ3n) is 2.97. The molecular weight excluding hydrogens is 222 g/mol. The second kappa shape index (κ2) is 5.01. The van der Waals surface area contributed by atoms with Crippen molar-refractivity contribution in [1.82, 2.24) is 10.3 Å². The topological polar surface area (TPSA) is 85.1 Å². The van der Waals surface area contributed by atoms with Crippen molar-refractivity contribution in [1.29, 1.82) is 0 Å². The van der Waals surface area contributed by atoms with E-state index in [-0.39, 0.29) is 23.0 Å². The van der Waals surface area contributed by atoms with Gasteiger partial charge in [-0.2, -0.15) is 0 Å². The molecule has 6 nitrogen and oxygen atoms in total. The highest BCUT2D eigenvalue weighted by atomic mass is 16.6. The van der Waals surface area contributed by atoms with E-state index < -0.39 is 4.92 Å². The Morgan fingerprint density at radius 1 is 1.47 bits per heavy atom. The molecule has 1 aliphatic heterocycles. The van der Waals surface area contributed by atoms with Gasteiger partial charge in [-0.1, -0.05) is 0 Å². The Bertz CT molecular complexity index is 441. The predicted octanol–water partition coefficient (Wildman–Crippen LogP) is 1.17. The van der Waals surface area contributed by atoms with E-state index >= 15 is 0 Å². The SMILES string of the molecule is O=C(c1ccncc1[N+](=O)[O-])C1CCNCC1. The number of rotatable bonds is 3. The highest BCUT2D eigenvalue weighted by molar-refractivity contribution is 6.01. The summed E-state index contributed by atoms with van der Waals surface area (Å²) in [5, 5.41) is 14.0. The molecule has 0 saturated carbocycles. The average molecular weight is 235 g/mol. The van der Waals surface area contributed by atoms with Crippen LogP contribution >= 0.6 is 0 Å². The molecule has 0 bridgehead atoms. The Kier molecular flexibility index (Phi) is 3.43. The Morgan fingerprint density at radius 2 is 2.18 bits per heavy atom. The molecule has 1 aromatic rings. The number of carbonyl (C=O) groups is 1. The van der Waals surface area contributed by atoms with Gasteiger partial charge in [-0.25, -0.2) is 0 Å². The van der Waals surface area contributed by atoms with Crippen molar-refractivity contribution >= 4 is 11.5 Å². The van der Waals surface area contributed by atoms with E-state index in [4.69, 9.17) is 0 Å². The van der Waals surface area contributed by atoms with Gasteiger partial charge in [-0.3, -0.25) is 19.9 Å². The summed E-state index contributed by atoms with van der Waals surface area (Å²) in [5.41, 5.74) is -0.0204. The fraction of sp³-hybridized carbons (Fsp3) is 0.455. The largest absolute Gasteiger partial charge is 0.317 e. The van der Waals surface area contributed by atoms with Crippen LogP contribution in [0.25, 0.3) is 0 Å². The number of piperidine rings is 1. The predicted molar refractivity (Wildman–Crippen MR) is 60.8 cm³/mol. The van der Waals surface area contributed by atoms with E-state index in [1.165, 1.54) is 12.3 Å². The zero-order valence-electron chi connectivity index (χ0n) is 9.26. The number of nitrogens with zero attached hydrogens (tertiary/aromatic N) is 2. The second-order valence-electron chi connectivity index (χ2n) is 4.04. The van der Waals surface area contributed by atoms with Crippen molar-refractivity contribution in [2.45, 2.75) is 12.8 Å². The molecule has 1 saturated heterocycles. The molecule has 0 aliphatic carbocycles. The van der Waals surface area contributed by atoms with Crippen LogP contribution in [0.5, 0.6) is 0 Å². The Hall–Kier alpha value is -1.82. The van der Waals surface area contributed by atoms with Crippen molar-refractivity contribution in [2.24, 2.45) is 5.92 Å². The minimum atomic E-state index is -0.554. The summed E-state index contributed by atoms with van der Waals surface area (Å²) >= 11 is 0. The number of ketones is 1. The summed E-state index contributed by atoms with van der Waals surface area (Å²) in [6.07, 6.45) is 4.02. The van der Waals surface area contributed by atoms with E-state index in [0.717, 1.165) is 32.1 Å². The first-order valence-electron chi connectivity index (χ1n) is 5.53. The fourth-order valence-corrected chi connectivity index (χ4v) is 2.04. The Morgan fingerprint density at radius 3 is 2.82 bits per heavy atom. The standard InChI is InChI=1S/C11H13N3O3/c15-11(8-1-4-12-5-2-8)9-3-6-13-7-10(9)14(16)17/h3,6-8,12H,1-2,4-5H2. The number of nitrogens with one attached hydrogen (secondary N) is 1. The molecule has 1 aliphatic rings. The van der Waals surface area contributed by atoms with Gasteiger partial charge in [0.15, 0.2) is 5.78 Å². The molecule has 6 heteroatoms. The summed E-state index contributed by atoms with van der Waals surface area (Å²) < 4.78 is 0. The lowest BCUT2D eigenvalue weighted by molar-refractivity contribution is -0.385. The average Bonchev–Trinajstić information content (AvgIpc) is 2.39. The maximum atomic E-state index is 12.2. The first-order valence-corrected chi connectivity index (χ1v) is 5.53. The van der Waals surface area contributed by atoms with Crippen LogP contribution in [-0.2, 0) is 0 Å². The van der Waals surface area contributed by atoms with Crippen LogP contribution in [0.1, 0.15) is 23.2 Å². The lowest BCUT2D eigenvalue weighted by Crippen LogP contribution is -2.32. The first kappa shape index (κ1) is 11.7. The van der Waals surface area contributed by atoms with E-state index in [1.807, 2.05) is 0 Å². The molecule has 90 valence electrons. The van der Waals surface area contributed by atoms with Crippen LogP contribution in [0.4, 0.5) is 5.69 Å². The molecule has 0 unspecified atom stereocenters. The van der Waals surface area contributed by atoms with Crippen LogP contribution in [0.3, 0.4) is 0 Å². The number of hydrogen-bond donors (Lipinski definition) is 1. The van der Waals surface area contributed by atoms with Crippen LogP contribution in [0.15, 0.2) is 18.5 Å². The smallest absolute Gasteiger partial charge is 0.298 e. The van der Waals surface area contributed by atoms with Crippen molar-refractivity contribution in [3.8, 4) is 0 Å². The molecule has 1 N–H and O–H groups in total. The monoisotopic (exact) mass is 235 g/mol. The second-order valence-corrected chi connectivity index (χ2v) is 4.04. The van der Waals surface area contributed by atoms with Crippen molar-refractivity contribution in [2.75, 3.05) is 13.1 Å². The molecule has 0 aromatic carbocycles. The highest BCUT2D eigenvalue weighted by Gasteiger charge is 2.27. The molecule has 2 rings (SSSR count). The van der Waals surface area contributed by atoms with Gasteiger partial charge in [0.2, 0.25) is 0 Å². The minimum Gasteiger partial charge on any atom is -0.317 e. The summed E-state index contributed by atoms with van der Waals surface area (Å²) in [6.45, 7) is 1.57. The molecule has 0 radical (unpaired) electrons. The first-order chi connectivity index (χ1) is 8.20. The molecule has 17 heavy (non-hydrogen) atoms. The summed E-state index contributed by atoms with van der Waals surface area (Å²) in [5.74, 6) is -0.252. The van der Waals surface area contributed by atoms with Gasteiger partial charge < -0.3 is 5.32 Å². The number of Topliss-reactive ketones (excluding diaryl/α,β-unsaturated/α-hetero) is 1. The van der Waals surface area contributed by atoms with Gasteiger partial charge >= 0.3 is 0 Å². The van der Waals surface area contributed by atoms with Crippen molar-refractivity contribution < 1.29 is 9.72 Å². The molecule has 2 heterocycles.